The minimum absolute atomic E-state index is 0.107. The summed E-state index contributed by atoms with van der Waals surface area (Å²) in [7, 11) is 0. The van der Waals surface area contributed by atoms with Crippen LogP contribution in [0, 0.1) is 6.92 Å². The Balaban J connectivity index is 2.45. The van der Waals surface area contributed by atoms with Crippen LogP contribution in [0.15, 0.2) is 41.2 Å². The van der Waals surface area contributed by atoms with Crippen LogP contribution >= 0.6 is 0 Å². The van der Waals surface area contributed by atoms with Gasteiger partial charge >= 0.3 is 0 Å². The lowest BCUT2D eigenvalue weighted by atomic mass is 10.1. The van der Waals surface area contributed by atoms with E-state index in [4.69, 9.17) is 0 Å². The van der Waals surface area contributed by atoms with Gasteiger partial charge in [0.25, 0.3) is 5.56 Å². The molecule has 0 bridgehead atoms. The third kappa shape index (κ3) is 1.92. The van der Waals surface area contributed by atoms with Crippen LogP contribution in [0.1, 0.15) is 17.3 Å². The molecule has 1 atom stereocenters. The first-order valence-corrected chi connectivity index (χ1v) is 5.16. The SMILES string of the molecule is Cc1cc(=O)n(C(CO)c2ccccc2)[nH]1. The minimum Gasteiger partial charge on any atom is -0.394 e. The van der Waals surface area contributed by atoms with E-state index in [2.05, 4.69) is 5.10 Å². The van der Waals surface area contributed by atoms with E-state index in [0.717, 1.165) is 11.3 Å². The van der Waals surface area contributed by atoms with Crippen molar-refractivity contribution in [1.82, 2.24) is 9.78 Å². The zero-order chi connectivity index (χ0) is 11.5. The molecule has 2 rings (SSSR count). The van der Waals surface area contributed by atoms with Gasteiger partial charge in [0.15, 0.2) is 0 Å². The van der Waals surface area contributed by atoms with Crippen molar-refractivity contribution in [2.75, 3.05) is 6.61 Å². The summed E-state index contributed by atoms with van der Waals surface area (Å²) in [5.74, 6) is 0. The molecule has 0 fully saturated rings. The van der Waals surface area contributed by atoms with Gasteiger partial charge in [-0.25, -0.2) is 4.68 Å². The Morgan fingerprint density at radius 3 is 2.56 bits per heavy atom. The lowest BCUT2D eigenvalue weighted by molar-refractivity contribution is 0.238. The maximum atomic E-state index is 11.6. The predicted molar refractivity (Wildman–Crippen MR) is 61.5 cm³/mol. The Labute approximate surface area is 93.1 Å². The van der Waals surface area contributed by atoms with E-state index in [1.165, 1.54) is 10.7 Å². The molecule has 0 spiro atoms. The van der Waals surface area contributed by atoms with Crippen molar-refractivity contribution in [3.8, 4) is 0 Å². The van der Waals surface area contributed by atoms with Crippen LogP contribution in [0.5, 0.6) is 0 Å². The average molecular weight is 218 g/mol. The van der Waals surface area contributed by atoms with Gasteiger partial charge in [0.05, 0.1) is 6.61 Å². The molecule has 0 saturated heterocycles. The fraction of sp³-hybridized carbons (Fsp3) is 0.250. The topological polar surface area (TPSA) is 58.0 Å². The molecular formula is C12H14N2O2. The first-order valence-electron chi connectivity index (χ1n) is 5.16. The molecule has 0 aliphatic carbocycles. The summed E-state index contributed by atoms with van der Waals surface area (Å²) in [5.41, 5.74) is 1.58. The van der Waals surface area contributed by atoms with Crippen molar-refractivity contribution in [3.63, 3.8) is 0 Å². The molecule has 0 amide bonds. The maximum absolute atomic E-state index is 11.6. The average Bonchev–Trinajstić information content (AvgIpc) is 2.61. The molecule has 0 radical (unpaired) electrons. The van der Waals surface area contributed by atoms with Gasteiger partial charge in [-0.3, -0.25) is 9.89 Å². The number of H-pyrrole nitrogens is 1. The van der Waals surface area contributed by atoms with Crippen LogP contribution in [0.3, 0.4) is 0 Å². The number of aromatic nitrogens is 2. The van der Waals surface area contributed by atoms with Crippen molar-refractivity contribution >= 4 is 0 Å². The van der Waals surface area contributed by atoms with Crippen LogP contribution in [-0.2, 0) is 0 Å². The number of aryl methyl sites for hydroxylation is 1. The van der Waals surface area contributed by atoms with Gasteiger partial charge in [-0.15, -0.1) is 0 Å². The number of aromatic amines is 1. The molecule has 1 aromatic carbocycles. The highest BCUT2D eigenvalue weighted by atomic mass is 16.3. The summed E-state index contributed by atoms with van der Waals surface area (Å²) in [6, 6.07) is 10.6. The fourth-order valence-electron chi connectivity index (χ4n) is 1.77. The molecule has 1 heterocycles. The Morgan fingerprint density at radius 2 is 2.06 bits per heavy atom. The first kappa shape index (κ1) is 10.7. The molecule has 2 aromatic rings. The van der Waals surface area contributed by atoms with Gasteiger partial charge in [0.2, 0.25) is 0 Å². The monoisotopic (exact) mass is 218 g/mol. The van der Waals surface area contributed by atoms with E-state index in [-0.39, 0.29) is 18.2 Å². The highest BCUT2D eigenvalue weighted by Gasteiger charge is 2.14. The van der Waals surface area contributed by atoms with Crippen LogP contribution in [0.4, 0.5) is 0 Å². The Kier molecular flexibility index (Phi) is 2.92. The Bertz CT molecular complexity index is 513. The molecule has 1 aromatic heterocycles. The van der Waals surface area contributed by atoms with E-state index in [9.17, 15) is 9.90 Å². The number of hydrogen-bond acceptors (Lipinski definition) is 2. The summed E-state index contributed by atoms with van der Waals surface area (Å²) < 4.78 is 1.45. The van der Waals surface area contributed by atoms with Gasteiger partial charge in [0.1, 0.15) is 6.04 Å². The molecule has 1 unspecified atom stereocenters. The van der Waals surface area contributed by atoms with Gasteiger partial charge < -0.3 is 5.11 Å². The van der Waals surface area contributed by atoms with E-state index in [0.29, 0.717) is 0 Å². The number of benzene rings is 1. The van der Waals surface area contributed by atoms with Crippen molar-refractivity contribution < 1.29 is 5.11 Å². The number of hydrogen-bond donors (Lipinski definition) is 2. The van der Waals surface area contributed by atoms with Crippen molar-refractivity contribution in [1.29, 1.82) is 0 Å². The van der Waals surface area contributed by atoms with Crippen molar-refractivity contribution in [2.24, 2.45) is 0 Å². The third-order valence-corrected chi connectivity index (χ3v) is 2.54. The summed E-state index contributed by atoms with van der Waals surface area (Å²) in [6.07, 6.45) is 0. The van der Waals surface area contributed by atoms with Crippen LogP contribution in [-0.4, -0.2) is 21.5 Å². The minimum atomic E-state index is -0.345. The number of nitrogens with one attached hydrogen (secondary N) is 1. The van der Waals surface area contributed by atoms with Crippen molar-refractivity contribution in [2.45, 2.75) is 13.0 Å². The zero-order valence-electron chi connectivity index (χ0n) is 9.05. The molecule has 84 valence electrons. The predicted octanol–water partition coefficient (Wildman–Crippen LogP) is 1.07. The second-order valence-corrected chi connectivity index (χ2v) is 3.76. The van der Waals surface area contributed by atoms with Gasteiger partial charge in [-0.05, 0) is 12.5 Å². The highest BCUT2D eigenvalue weighted by molar-refractivity contribution is 5.20. The van der Waals surface area contributed by atoms with Crippen LogP contribution in [0.25, 0.3) is 0 Å². The van der Waals surface area contributed by atoms with Crippen LogP contribution in [0.2, 0.25) is 0 Å². The van der Waals surface area contributed by atoms with E-state index in [1.807, 2.05) is 37.3 Å². The fourth-order valence-corrected chi connectivity index (χ4v) is 1.77. The van der Waals surface area contributed by atoms with E-state index in [1.54, 1.807) is 0 Å². The molecule has 0 saturated carbocycles. The van der Waals surface area contributed by atoms with Gasteiger partial charge in [-0.1, -0.05) is 30.3 Å². The van der Waals surface area contributed by atoms with E-state index < -0.39 is 0 Å². The maximum Gasteiger partial charge on any atom is 0.267 e. The Morgan fingerprint density at radius 1 is 1.38 bits per heavy atom. The Hall–Kier alpha value is -1.81. The molecule has 0 aliphatic rings. The lowest BCUT2D eigenvalue weighted by Gasteiger charge is -2.15. The molecular weight excluding hydrogens is 204 g/mol. The quantitative estimate of drug-likeness (QED) is 0.809. The molecule has 0 aliphatic heterocycles. The molecule has 16 heavy (non-hydrogen) atoms. The summed E-state index contributed by atoms with van der Waals surface area (Å²) in [4.78, 5) is 11.6. The number of aliphatic hydroxyl groups is 1. The standard InChI is InChI=1S/C12H14N2O2/c1-9-7-12(16)14(13-9)11(8-15)10-5-3-2-4-6-10/h2-7,11,13,15H,8H2,1H3. The molecule has 4 heteroatoms. The second-order valence-electron chi connectivity index (χ2n) is 3.76. The number of rotatable bonds is 3. The summed E-state index contributed by atoms with van der Waals surface area (Å²) in [5, 5.41) is 12.3. The van der Waals surface area contributed by atoms with Gasteiger partial charge in [-0.2, -0.15) is 0 Å². The number of aliphatic hydroxyl groups excluding tert-OH is 1. The van der Waals surface area contributed by atoms with Crippen molar-refractivity contribution in [3.05, 3.63) is 58.0 Å². The summed E-state index contributed by atoms with van der Waals surface area (Å²) >= 11 is 0. The summed E-state index contributed by atoms with van der Waals surface area (Å²) in [6.45, 7) is 1.71. The van der Waals surface area contributed by atoms with E-state index >= 15 is 0 Å². The van der Waals surface area contributed by atoms with Crippen LogP contribution < -0.4 is 5.56 Å². The molecule has 4 nitrogen and oxygen atoms in total. The highest BCUT2D eigenvalue weighted by Crippen LogP contribution is 2.14. The van der Waals surface area contributed by atoms with Gasteiger partial charge in [0, 0.05) is 11.8 Å². The normalized spacial score (nSPS) is 12.6. The number of nitrogens with zero attached hydrogens (tertiary/aromatic N) is 1. The third-order valence-electron chi connectivity index (χ3n) is 2.54. The molecule has 2 N–H and O–H groups in total. The smallest absolute Gasteiger partial charge is 0.267 e. The lowest BCUT2D eigenvalue weighted by Crippen LogP contribution is -2.25. The first-order chi connectivity index (χ1) is 7.72. The zero-order valence-corrected chi connectivity index (χ0v) is 9.05. The second kappa shape index (κ2) is 4.37. The largest absolute Gasteiger partial charge is 0.394 e.